The van der Waals surface area contributed by atoms with Crippen molar-refractivity contribution < 1.29 is 19.5 Å². The molecule has 0 atom stereocenters. The number of nitrogens with one attached hydrogen (secondary N) is 2. The van der Waals surface area contributed by atoms with Crippen molar-refractivity contribution in [2.75, 3.05) is 6.61 Å². The molecular formula is C7H10N2O4. The minimum absolute atomic E-state index is 0.0784. The quantitative estimate of drug-likeness (QED) is 0.479. The number of rotatable bonds is 3. The third-order valence-corrected chi connectivity index (χ3v) is 1.76. The predicted molar refractivity (Wildman–Crippen MR) is 41.5 cm³/mol. The van der Waals surface area contributed by atoms with Gasteiger partial charge in [-0.2, -0.15) is 0 Å². The average molecular weight is 186 g/mol. The van der Waals surface area contributed by atoms with Crippen LogP contribution < -0.4 is 10.6 Å². The fraction of sp³-hybridized carbons (Fsp3) is 0.571. The molecule has 0 unspecified atom stereocenters. The van der Waals surface area contributed by atoms with E-state index in [9.17, 15) is 14.4 Å². The van der Waals surface area contributed by atoms with Gasteiger partial charge in [0.2, 0.25) is 11.8 Å². The summed E-state index contributed by atoms with van der Waals surface area (Å²) in [6.45, 7) is -0.0784. The number of hydrogen-bond acceptors (Lipinski definition) is 4. The van der Waals surface area contributed by atoms with Crippen LogP contribution >= 0.6 is 0 Å². The molecule has 0 aromatic carbocycles. The van der Waals surface area contributed by atoms with Crippen molar-refractivity contribution in [3.63, 3.8) is 0 Å². The van der Waals surface area contributed by atoms with Crippen molar-refractivity contribution in [1.29, 1.82) is 0 Å². The maximum absolute atomic E-state index is 11.0. The van der Waals surface area contributed by atoms with Crippen LogP contribution in [-0.2, 0) is 9.59 Å². The topological polar surface area (TPSA) is 95.5 Å². The Balaban J connectivity index is 2.56. The molecule has 1 rings (SSSR count). The normalized spacial score (nSPS) is 18.4. The van der Waals surface area contributed by atoms with E-state index in [2.05, 4.69) is 0 Å². The molecule has 1 saturated heterocycles. The van der Waals surface area contributed by atoms with E-state index in [4.69, 9.17) is 5.11 Å². The Morgan fingerprint density at radius 3 is 2.15 bits per heavy atom. The summed E-state index contributed by atoms with van der Waals surface area (Å²) in [6.07, 6.45) is 0.612. The number of urea groups is 1. The third-order valence-electron chi connectivity index (χ3n) is 1.76. The second kappa shape index (κ2) is 3.99. The van der Waals surface area contributed by atoms with Crippen molar-refractivity contribution in [3.05, 3.63) is 0 Å². The summed E-state index contributed by atoms with van der Waals surface area (Å²) in [5.41, 5.74) is 0. The SMILES string of the molecule is O=C1NC(=O)C(CCCO)C(=O)N1. The van der Waals surface area contributed by atoms with E-state index >= 15 is 0 Å². The standard InChI is InChI=1S/C7H10N2O4/c10-3-1-2-4-5(11)8-7(13)9-6(4)12/h4,10H,1-3H2,(H2,8,9,11,12,13). The van der Waals surface area contributed by atoms with Gasteiger partial charge in [0.1, 0.15) is 5.92 Å². The van der Waals surface area contributed by atoms with Crippen LogP contribution in [-0.4, -0.2) is 29.6 Å². The monoisotopic (exact) mass is 186 g/mol. The Hall–Kier alpha value is -1.43. The molecule has 1 fully saturated rings. The second-order valence-corrected chi connectivity index (χ2v) is 2.73. The van der Waals surface area contributed by atoms with Crippen LogP contribution in [0.25, 0.3) is 0 Å². The molecule has 6 heteroatoms. The average Bonchev–Trinajstić information content (AvgIpc) is 2.02. The highest BCUT2D eigenvalue weighted by Gasteiger charge is 2.33. The molecule has 0 spiro atoms. The lowest BCUT2D eigenvalue weighted by Gasteiger charge is -2.19. The van der Waals surface area contributed by atoms with E-state index in [1.807, 2.05) is 10.6 Å². The molecule has 0 radical (unpaired) electrons. The minimum Gasteiger partial charge on any atom is -0.396 e. The highest BCUT2D eigenvalue weighted by molar-refractivity contribution is 6.16. The summed E-state index contributed by atoms with van der Waals surface area (Å²) < 4.78 is 0. The lowest BCUT2D eigenvalue weighted by atomic mass is 10.0. The molecule has 0 aromatic rings. The molecule has 0 bridgehead atoms. The van der Waals surface area contributed by atoms with Gasteiger partial charge in [-0.25, -0.2) is 4.79 Å². The number of imide groups is 2. The van der Waals surface area contributed by atoms with Gasteiger partial charge in [0.25, 0.3) is 0 Å². The first-order chi connectivity index (χ1) is 6.15. The molecule has 13 heavy (non-hydrogen) atoms. The van der Waals surface area contributed by atoms with E-state index in [0.717, 1.165) is 0 Å². The Labute approximate surface area is 74.3 Å². The Bertz CT molecular complexity index is 231. The van der Waals surface area contributed by atoms with Gasteiger partial charge in [0.15, 0.2) is 0 Å². The largest absolute Gasteiger partial charge is 0.396 e. The number of carbonyl (C=O) groups excluding carboxylic acids is 3. The summed E-state index contributed by atoms with van der Waals surface area (Å²) in [6, 6.07) is -0.782. The molecule has 1 heterocycles. The van der Waals surface area contributed by atoms with Crippen LogP contribution in [0.3, 0.4) is 0 Å². The van der Waals surface area contributed by atoms with Gasteiger partial charge >= 0.3 is 6.03 Å². The van der Waals surface area contributed by atoms with Crippen molar-refractivity contribution >= 4 is 17.8 Å². The van der Waals surface area contributed by atoms with Gasteiger partial charge in [-0.3, -0.25) is 20.2 Å². The number of aliphatic hydroxyl groups is 1. The number of carbonyl (C=O) groups is 3. The molecule has 6 nitrogen and oxygen atoms in total. The van der Waals surface area contributed by atoms with Crippen molar-refractivity contribution in [2.45, 2.75) is 12.8 Å². The van der Waals surface area contributed by atoms with Gasteiger partial charge in [-0.15, -0.1) is 0 Å². The maximum atomic E-state index is 11.0. The zero-order chi connectivity index (χ0) is 9.84. The molecule has 4 amide bonds. The van der Waals surface area contributed by atoms with Crippen molar-refractivity contribution in [1.82, 2.24) is 10.6 Å². The second-order valence-electron chi connectivity index (χ2n) is 2.73. The van der Waals surface area contributed by atoms with Gasteiger partial charge < -0.3 is 5.11 Å². The number of hydrogen-bond donors (Lipinski definition) is 3. The van der Waals surface area contributed by atoms with Gasteiger partial charge in [0.05, 0.1) is 0 Å². The Kier molecular flexibility index (Phi) is 2.97. The Morgan fingerprint density at radius 1 is 1.15 bits per heavy atom. The Morgan fingerprint density at radius 2 is 1.69 bits per heavy atom. The number of barbiturate groups is 1. The van der Waals surface area contributed by atoms with E-state index in [0.29, 0.717) is 6.42 Å². The molecule has 3 N–H and O–H groups in total. The molecule has 0 saturated carbocycles. The molecule has 0 aromatic heterocycles. The van der Waals surface area contributed by atoms with E-state index in [1.165, 1.54) is 0 Å². The van der Waals surface area contributed by atoms with Crippen LogP contribution in [0.4, 0.5) is 4.79 Å². The van der Waals surface area contributed by atoms with Crippen molar-refractivity contribution in [2.24, 2.45) is 5.92 Å². The first-order valence-corrected chi connectivity index (χ1v) is 3.91. The lowest BCUT2D eigenvalue weighted by Crippen LogP contribution is -2.55. The van der Waals surface area contributed by atoms with E-state index in [-0.39, 0.29) is 13.0 Å². The third kappa shape index (κ3) is 2.25. The maximum Gasteiger partial charge on any atom is 0.328 e. The highest BCUT2D eigenvalue weighted by Crippen LogP contribution is 2.09. The van der Waals surface area contributed by atoms with E-state index < -0.39 is 23.8 Å². The van der Waals surface area contributed by atoms with Crippen LogP contribution in [0.15, 0.2) is 0 Å². The molecule has 0 aliphatic carbocycles. The van der Waals surface area contributed by atoms with Gasteiger partial charge in [-0.1, -0.05) is 0 Å². The van der Waals surface area contributed by atoms with Crippen LogP contribution in [0.1, 0.15) is 12.8 Å². The number of aliphatic hydroxyl groups excluding tert-OH is 1. The van der Waals surface area contributed by atoms with Gasteiger partial charge in [-0.05, 0) is 12.8 Å². The van der Waals surface area contributed by atoms with E-state index in [1.54, 1.807) is 0 Å². The lowest BCUT2D eigenvalue weighted by molar-refractivity contribution is -0.136. The fourth-order valence-corrected chi connectivity index (χ4v) is 1.11. The molecular weight excluding hydrogens is 176 g/mol. The minimum atomic E-state index is -0.857. The van der Waals surface area contributed by atoms with Gasteiger partial charge in [0, 0.05) is 6.61 Å². The molecule has 72 valence electrons. The summed E-state index contributed by atoms with van der Waals surface area (Å²) >= 11 is 0. The molecule has 1 aliphatic heterocycles. The zero-order valence-electron chi connectivity index (χ0n) is 6.87. The summed E-state index contributed by atoms with van der Waals surface area (Å²) in [5, 5.41) is 12.4. The highest BCUT2D eigenvalue weighted by atomic mass is 16.3. The van der Waals surface area contributed by atoms with Crippen LogP contribution in [0.2, 0.25) is 0 Å². The number of amides is 4. The van der Waals surface area contributed by atoms with Crippen LogP contribution in [0, 0.1) is 5.92 Å². The zero-order valence-corrected chi connectivity index (χ0v) is 6.87. The van der Waals surface area contributed by atoms with Crippen molar-refractivity contribution in [3.8, 4) is 0 Å². The first-order valence-electron chi connectivity index (χ1n) is 3.91. The smallest absolute Gasteiger partial charge is 0.328 e. The summed E-state index contributed by atoms with van der Waals surface area (Å²) in [4.78, 5) is 32.7. The summed E-state index contributed by atoms with van der Waals surface area (Å²) in [5.74, 6) is -2.05. The fourth-order valence-electron chi connectivity index (χ4n) is 1.11. The first kappa shape index (κ1) is 9.66. The summed E-state index contributed by atoms with van der Waals surface area (Å²) in [7, 11) is 0. The molecule has 1 aliphatic rings. The predicted octanol–water partition coefficient (Wildman–Crippen LogP) is -1.26. The van der Waals surface area contributed by atoms with Crippen LogP contribution in [0.5, 0.6) is 0 Å².